The van der Waals surface area contributed by atoms with Gasteiger partial charge in [0.05, 0.1) is 18.5 Å². The van der Waals surface area contributed by atoms with Crippen molar-refractivity contribution in [1.82, 2.24) is 19.5 Å². The Hall–Kier alpha value is -2.92. The van der Waals surface area contributed by atoms with Crippen molar-refractivity contribution in [3.63, 3.8) is 0 Å². The normalized spacial score (nSPS) is 12.6. The summed E-state index contributed by atoms with van der Waals surface area (Å²) in [7, 11) is 0. The number of anilines is 2. The van der Waals surface area contributed by atoms with Crippen LogP contribution >= 0.6 is 22.6 Å². The number of rotatable bonds is 9. The minimum atomic E-state index is -0.824. The molecule has 4 rings (SSSR count). The number of fused-ring (bicyclic) bond motifs is 1. The molecule has 178 valence electrons. The summed E-state index contributed by atoms with van der Waals surface area (Å²) in [6, 6.07) is 15.6. The van der Waals surface area contributed by atoms with Crippen molar-refractivity contribution in [3.05, 3.63) is 69.6 Å². The molecule has 0 aliphatic heterocycles. The number of aromatic nitrogens is 4. The molecule has 1 atom stereocenters. The molecule has 0 spiro atoms. The zero-order valence-corrected chi connectivity index (χ0v) is 21.6. The average Bonchev–Trinajstić information content (AvgIpc) is 3.20. The van der Waals surface area contributed by atoms with Gasteiger partial charge < -0.3 is 25.4 Å². The van der Waals surface area contributed by atoms with Gasteiger partial charge in [-0.2, -0.15) is 9.97 Å². The summed E-state index contributed by atoms with van der Waals surface area (Å²) in [6.45, 7) is 7.09. The van der Waals surface area contributed by atoms with Crippen LogP contribution in [0.2, 0.25) is 0 Å². The molecule has 0 fully saturated rings. The van der Waals surface area contributed by atoms with E-state index >= 15 is 0 Å². The van der Waals surface area contributed by atoms with E-state index in [1.54, 1.807) is 26.2 Å². The van der Waals surface area contributed by atoms with E-state index in [9.17, 15) is 10.2 Å². The predicted octanol–water partition coefficient (Wildman–Crippen LogP) is 4.62. The summed E-state index contributed by atoms with van der Waals surface area (Å²) in [5.41, 5.74) is 2.44. The standard InChI is InChI=1S/C25H29IN6O2/c1-16(25(2,3)34)12-28-24-30-22(27-13-18-11-19(26)9-10-20(18)33)21-23(31-24)32(15-29-21)14-17-7-5-4-6-8-17/h4-11,15-16,33-34H,12-14H2,1-3H3,(H2,27,28,30,31). The number of nitrogens with zero attached hydrogens (tertiary/aromatic N) is 4. The summed E-state index contributed by atoms with van der Waals surface area (Å²) in [5, 5.41) is 27.1. The van der Waals surface area contributed by atoms with Gasteiger partial charge in [-0.05, 0) is 60.2 Å². The topological polar surface area (TPSA) is 108 Å². The van der Waals surface area contributed by atoms with Crippen LogP contribution < -0.4 is 10.6 Å². The van der Waals surface area contributed by atoms with Crippen LogP contribution in [0.5, 0.6) is 5.75 Å². The summed E-state index contributed by atoms with van der Waals surface area (Å²) in [5.74, 6) is 1.24. The van der Waals surface area contributed by atoms with Gasteiger partial charge in [0.2, 0.25) is 5.95 Å². The molecule has 0 bridgehead atoms. The van der Waals surface area contributed by atoms with Gasteiger partial charge in [0.25, 0.3) is 0 Å². The lowest BCUT2D eigenvalue weighted by Crippen LogP contribution is -2.33. The SMILES string of the molecule is CC(CNc1nc(NCc2cc(I)ccc2O)c2ncn(Cc3ccccc3)c2n1)C(C)(C)O. The highest BCUT2D eigenvalue weighted by Gasteiger charge is 2.22. The Balaban J connectivity index is 1.66. The van der Waals surface area contributed by atoms with E-state index < -0.39 is 5.60 Å². The van der Waals surface area contributed by atoms with Gasteiger partial charge in [0, 0.05) is 28.1 Å². The Morgan fingerprint density at radius 3 is 2.59 bits per heavy atom. The number of phenolic OH excluding ortho intramolecular Hbond substituents is 1. The van der Waals surface area contributed by atoms with Crippen molar-refractivity contribution in [2.24, 2.45) is 5.92 Å². The fourth-order valence-corrected chi connectivity index (χ4v) is 3.97. The van der Waals surface area contributed by atoms with Crippen LogP contribution in [0.25, 0.3) is 11.2 Å². The van der Waals surface area contributed by atoms with Crippen LogP contribution in [0.1, 0.15) is 31.9 Å². The molecule has 2 heterocycles. The number of nitrogens with one attached hydrogen (secondary N) is 2. The fourth-order valence-electron chi connectivity index (χ4n) is 3.41. The third-order valence-corrected chi connectivity index (χ3v) is 6.59. The van der Waals surface area contributed by atoms with Gasteiger partial charge in [0.1, 0.15) is 5.75 Å². The minimum Gasteiger partial charge on any atom is -0.508 e. The number of aliphatic hydroxyl groups is 1. The van der Waals surface area contributed by atoms with E-state index in [2.05, 4.69) is 55.3 Å². The van der Waals surface area contributed by atoms with Crippen LogP contribution in [0.4, 0.5) is 11.8 Å². The summed E-state index contributed by atoms with van der Waals surface area (Å²) in [6.07, 6.45) is 1.77. The molecule has 0 saturated heterocycles. The second-order valence-electron chi connectivity index (χ2n) is 8.99. The van der Waals surface area contributed by atoms with Gasteiger partial charge in [-0.25, -0.2) is 4.98 Å². The summed E-state index contributed by atoms with van der Waals surface area (Å²) >= 11 is 2.22. The van der Waals surface area contributed by atoms with Gasteiger partial charge in [-0.3, -0.25) is 0 Å². The van der Waals surface area contributed by atoms with Crippen molar-refractivity contribution >= 4 is 45.5 Å². The van der Waals surface area contributed by atoms with E-state index in [0.29, 0.717) is 42.6 Å². The fraction of sp³-hybridized carbons (Fsp3) is 0.320. The molecule has 0 amide bonds. The van der Waals surface area contributed by atoms with Crippen molar-refractivity contribution in [2.45, 2.75) is 39.5 Å². The molecule has 4 aromatic rings. The first-order valence-corrected chi connectivity index (χ1v) is 12.2. The monoisotopic (exact) mass is 572 g/mol. The second kappa shape index (κ2) is 10.1. The highest BCUT2D eigenvalue weighted by molar-refractivity contribution is 14.1. The first-order chi connectivity index (χ1) is 16.2. The molecule has 2 aromatic carbocycles. The maximum atomic E-state index is 10.3. The molecule has 8 nitrogen and oxygen atoms in total. The van der Waals surface area contributed by atoms with E-state index in [1.165, 1.54) is 0 Å². The number of benzene rings is 2. The Morgan fingerprint density at radius 1 is 1.09 bits per heavy atom. The van der Waals surface area contributed by atoms with Crippen LogP contribution in [0.3, 0.4) is 0 Å². The number of hydrogen-bond acceptors (Lipinski definition) is 7. The largest absolute Gasteiger partial charge is 0.508 e. The Morgan fingerprint density at radius 2 is 1.85 bits per heavy atom. The van der Waals surface area contributed by atoms with E-state index in [-0.39, 0.29) is 11.7 Å². The molecule has 9 heteroatoms. The average molecular weight is 572 g/mol. The Labute approximate surface area is 212 Å². The number of phenols is 1. The Kier molecular flexibility index (Phi) is 7.22. The molecule has 0 saturated carbocycles. The zero-order chi connectivity index (χ0) is 24.3. The molecular weight excluding hydrogens is 543 g/mol. The van der Waals surface area contributed by atoms with Gasteiger partial charge in [-0.15, -0.1) is 0 Å². The van der Waals surface area contributed by atoms with Crippen LogP contribution in [0, 0.1) is 9.49 Å². The first-order valence-electron chi connectivity index (χ1n) is 11.1. The van der Waals surface area contributed by atoms with E-state index in [0.717, 1.165) is 14.7 Å². The smallest absolute Gasteiger partial charge is 0.226 e. The van der Waals surface area contributed by atoms with Crippen molar-refractivity contribution in [1.29, 1.82) is 0 Å². The lowest BCUT2D eigenvalue weighted by atomic mass is 9.93. The number of imidazole rings is 1. The third-order valence-electron chi connectivity index (χ3n) is 5.92. The number of hydrogen-bond donors (Lipinski definition) is 4. The molecule has 1 unspecified atom stereocenters. The highest BCUT2D eigenvalue weighted by Crippen LogP contribution is 2.25. The van der Waals surface area contributed by atoms with Gasteiger partial charge >= 0.3 is 0 Å². The predicted molar refractivity (Wildman–Crippen MR) is 143 cm³/mol. The van der Waals surface area contributed by atoms with E-state index in [1.807, 2.05) is 41.8 Å². The zero-order valence-electron chi connectivity index (χ0n) is 19.5. The lowest BCUT2D eigenvalue weighted by molar-refractivity contribution is 0.0303. The number of halogens is 1. The minimum absolute atomic E-state index is 0.0132. The first kappa shape index (κ1) is 24.2. The van der Waals surface area contributed by atoms with Crippen molar-refractivity contribution in [3.8, 4) is 5.75 Å². The summed E-state index contributed by atoms with van der Waals surface area (Å²) in [4.78, 5) is 14.0. The van der Waals surface area contributed by atoms with Crippen LogP contribution in [0.15, 0.2) is 54.9 Å². The lowest BCUT2D eigenvalue weighted by Gasteiger charge is -2.26. The quantitative estimate of drug-likeness (QED) is 0.217. The van der Waals surface area contributed by atoms with Crippen molar-refractivity contribution < 1.29 is 10.2 Å². The van der Waals surface area contributed by atoms with Crippen LogP contribution in [-0.2, 0) is 13.1 Å². The Bertz CT molecular complexity index is 1270. The van der Waals surface area contributed by atoms with Crippen molar-refractivity contribution in [2.75, 3.05) is 17.2 Å². The molecule has 0 aliphatic carbocycles. The third kappa shape index (κ3) is 5.76. The molecule has 34 heavy (non-hydrogen) atoms. The molecule has 4 N–H and O–H groups in total. The molecular formula is C25H29IN6O2. The maximum absolute atomic E-state index is 10.3. The van der Waals surface area contributed by atoms with Gasteiger partial charge in [-0.1, -0.05) is 37.3 Å². The molecule has 0 aliphatic rings. The molecule has 0 radical (unpaired) electrons. The number of aromatic hydroxyl groups is 1. The summed E-state index contributed by atoms with van der Waals surface area (Å²) < 4.78 is 3.03. The highest BCUT2D eigenvalue weighted by atomic mass is 127. The second-order valence-corrected chi connectivity index (χ2v) is 10.2. The van der Waals surface area contributed by atoms with E-state index in [4.69, 9.17) is 4.98 Å². The molecule has 2 aromatic heterocycles. The van der Waals surface area contributed by atoms with Crippen LogP contribution in [-0.4, -0.2) is 41.9 Å². The maximum Gasteiger partial charge on any atom is 0.226 e. The van der Waals surface area contributed by atoms with Gasteiger partial charge in [0.15, 0.2) is 17.0 Å².